The second kappa shape index (κ2) is 3.88. The molecule has 6 N–H and O–H groups in total. The summed E-state index contributed by atoms with van der Waals surface area (Å²) >= 11 is 0. The van der Waals surface area contributed by atoms with Crippen LogP contribution >= 0.6 is 0 Å². The average Bonchev–Trinajstić information content (AvgIpc) is 2.29. The number of hydrogen-bond acceptors (Lipinski definition) is 5. The van der Waals surface area contributed by atoms with Crippen molar-refractivity contribution in [2.75, 3.05) is 5.73 Å². The fourth-order valence-corrected chi connectivity index (χ4v) is 1.51. The minimum Gasteiger partial charge on any atom is -0.397 e. The molecule has 0 saturated carbocycles. The van der Waals surface area contributed by atoms with Crippen molar-refractivity contribution in [1.29, 1.82) is 0 Å². The van der Waals surface area contributed by atoms with Gasteiger partial charge in [0.05, 0.1) is 27.5 Å². The Hall–Kier alpha value is -2.83. The Balaban J connectivity index is 2.88. The molecule has 0 unspecified atom stereocenters. The summed E-state index contributed by atoms with van der Waals surface area (Å²) in [7, 11) is 0. The van der Waals surface area contributed by atoms with Crippen LogP contribution in [-0.2, 0) is 9.59 Å². The molecule has 7 nitrogen and oxygen atoms in total. The van der Waals surface area contributed by atoms with Crippen LogP contribution in [0, 0.1) is 0 Å². The van der Waals surface area contributed by atoms with E-state index in [0.717, 1.165) is 6.08 Å². The lowest BCUT2D eigenvalue weighted by Crippen LogP contribution is -2.44. The van der Waals surface area contributed by atoms with Gasteiger partial charge in [-0.1, -0.05) is 6.58 Å². The molecule has 0 spiro atoms. The van der Waals surface area contributed by atoms with Crippen molar-refractivity contribution >= 4 is 29.7 Å². The number of nitrogens with two attached hydrogens (primary N) is 2. The summed E-state index contributed by atoms with van der Waals surface area (Å²) in [5.41, 5.74) is 10.5. The number of pyridine rings is 1. The van der Waals surface area contributed by atoms with Crippen molar-refractivity contribution in [2.45, 2.75) is 0 Å². The third-order valence-electron chi connectivity index (χ3n) is 2.48. The molecule has 18 heavy (non-hydrogen) atoms. The smallest absolute Gasteiger partial charge is 0.273 e. The van der Waals surface area contributed by atoms with Gasteiger partial charge in [0, 0.05) is 0 Å². The molecule has 0 fully saturated rings. The van der Waals surface area contributed by atoms with Crippen LogP contribution in [0.1, 0.15) is 0 Å². The van der Waals surface area contributed by atoms with Crippen molar-refractivity contribution in [3.63, 3.8) is 0 Å². The summed E-state index contributed by atoms with van der Waals surface area (Å²) in [6, 6.07) is 1.32. The Labute approximate surface area is 100 Å². The second-order valence-electron chi connectivity index (χ2n) is 3.74. The van der Waals surface area contributed by atoms with E-state index in [1.165, 1.54) is 6.07 Å². The molecule has 1 aliphatic rings. The second-order valence-corrected chi connectivity index (χ2v) is 3.74. The lowest BCUT2D eigenvalue weighted by molar-refractivity contribution is -0.125. The molecule has 1 aliphatic heterocycles. The maximum absolute atomic E-state index is 11.7. The van der Waals surface area contributed by atoms with Crippen LogP contribution in [0.5, 0.6) is 0 Å². The lowest BCUT2D eigenvalue weighted by atomic mass is 10.1. The fraction of sp³-hybridized carbons (Fsp3) is 0. The Morgan fingerprint density at radius 1 is 1.11 bits per heavy atom. The highest BCUT2D eigenvalue weighted by atomic mass is 16.2. The fourth-order valence-electron chi connectivity index (χ4n) is 1.51. The highest BCUT2D eigenvalue weighted by Crippen LogP contribution is 2.04. The van der Waals surface area contributed by atoms with Gasteiger partial charge >= 0.3 is 0 Å². The van der Waals surface area contributed by atoms with E-state index in [9.17, 15) is 14.4 Å². The van der Waals surface area contributed by atoms with Gasteiger partial charge in [0.25, 0.3) is 17.4 Å². The Bertz CT molecular complexity index is 757. The zero-order chi connectivity index (χ0) is 13.4. The predicted molar refractivity (Wildman–Crippen MR) is 65.1 cm³/mol. The standard InChI is InChI=1S/C11H10N4O3/c1-4-7(12)2-5(9(16)14-4)6-3-8(13)11(18)15-10(6)17/h2-3H,1,12-13H2,(H,14,16)(H,15,17,18)/b6-5+. The number of imide groups is 1. The van der Waals surface area contributed by atoms with E-state index in [-0.39, 0.29) is 27.5 Å². The molecule has 2 rings (SSSR count). The number of nitrogen functional groups attached to an aromatic ring is 1. The number of anilines is 1. The average molecular weight is 246 g/mol. The zero-order valence-electron chi connectivity index (χ0n) is 9.24. The van der Waals surface area contributed by atoms with E-state index in [1.54, 1.807) is 0 Å². The minimum absolute atomic E-state index is 0.0138. The molecule has 0 aliphatic carbocycles. The predicted octanol–water partition coefficient (Wildman–Crippen LogP) is -2.98. The van der Waals surface area contributed by atoms with Crippen LogP contribution < -0.4 is 32.9 Å². The maximum atomic E-state index is 11.7. The van der Waals surface area contributed by atoms with Crippen molar-refractivity contribution in [1.82, 2.24) is 10.3 Å². The van der Waals surface area contributed by atoms with Crippen LogP contribution in [0.3, 0.4) is 0 Å². The molecule has 0 atom stereocenters. The molecule has 7 heteroatoms. The highest BCUT2D eigenvalue weighted by Gasteiger charge is 2.21. The number of hydrogen-bond donors (Lipinski definition) is 4. The van der Waals surface area contributed by atoms with Gasteiger partial charge in [0.15, 0.2) is 0 Å². The van der Waals surface area contributed by atoms with Crippen LogP contribution in [-0.4, -0.2) is 16.8 Å². The van der Waals surface area contributed by atoms with E-state index in [1.807, 2.05) is 5.32 Å². The van der Waals surface area contributed by atoms with Gasteiger partial charge in [0.2, 0.25) is 0 Å². The van der Waals surface area contributed by atoms with Crippen LogP contribution in [0.4, 0.5) is 5.69 Å². The number of carbonyl (C=O) groups excluding carboxylic acids is 2. The van der Waals surface area contributed by atoms with Gasteiger partial charge < -0.3 is 16.5 Å². The van der Waals surface area contributed by atoms with Crippen molar-refractivity contribution in [3.8, 4) is 0 Å². The Kier molecular flexibility index (Phi) is 2.51. The summed E-state index contributed by atoms with van der Waals surface area (Å²) in [6.07, 6.45) is 1.15. The van der Waals surface area contributed by atoms with Crippen LogP contribution in [0.15, 0.2) is 22.6 Å². The first-order valence-electron chi connectivity index (χ1n) is 4.95. The largest absolute Gasteiger partial charge is 0.397 e. The molecular formula is C11H10N4O3. The van der Waals surface area contributed by atoms with Crippen molar-refractivity contribution < 1.29 is 9.59 Å². The normalized spacial score (nSPS) is 18.3. The summed E-state index contributed by atoms with van der Waals surface area (Å²) < 4.78 is 0. The van der Waals surface area contributed by atoms with E-state index in [2.05, 4.69) is 11.6 Å². The quantitative estimate of drug-likeness (QED) is 0.363. The van der Waals surface area contributed by atoms with Gasteiger partial charge in [-0.2, -0.15) is 0 Å². The van der Waals surface area contributed by atoms with E-state index in [4.69, 9.17) is 11.5 Å². The van der Waals surface area contributed by atoms with Crippen LogP contribution in [0.25, 0.3) is 12.2 Å². The number of nitrogens with one attached hydrogen (secondary N) is 2. The Morgan fingerprint density at radius 2 is 1.78 bits per heavy atom. The Morgan fingerprint density at radius 3 is 2.44 bits per heavy atom. The summed E-state index contributed by atoms with van der Waals surface area (Å²) in [5.74, 6) is -1.39. The summed E-state index contributed by atoms with van der Waals surface area (Å²) in [6.45, 7) is 3.53. The van der Waals surface area contributed by atoms with E-state index >= 15 is 0 Å². The number of amides is 2. The third kappa shape index (κ3) is 1.77. The highest BCUT2D eigenvalue weighted by molar-refractivity contribution is 6.27. The SMILES string of the molecule is C=c1[nH]c(=O)/c(=C2\C=C(N)C(=O)NC2=O)cc1N. The third-order valence-corrected chi connectivity index (χ3v) is 2.48. The summed E-state index contributed by atoms with van der Waals surface area (Å²) in [5, 5.41) is 2.31. The monoisotopic (exact) mass is 246 g/mol. The maximum Gasteiger partial charge on any atom is 0.273 e. The first-order valence-corrected chi connectivity index (χ1v) is 4.95. The zero-order valence-corrected chi connectivity index (χ0v) is 9.24. The number of carbonyl (C=O) groups is 2. The van der Waals surface area contributed by atoms with Crippen molar-refractivity contribution in [2.24, 2.45) is 5.73 Å². The molecule has 2 amide bonds. The number of aromatic amines is 1. The molecule has 0 bridgehead atoms. The van der Waals surface area contributed by atoms with Gasteiger partial charge in [-0.15, -0.1) is 0 Å². The van der Waals surface area contributed by atoms with E-state index < -0.39 is 17.4 Å². The molecule has 1 aromatic rings. The molecule has 0 radical (unpaired) electrons. The van der Waals surface area contributed by atoms with Crippen LogP contribution in [0.2, 0.25) is 0 Å². The molecule has 1 aromatic heterocycles. The van der Waals surface area contributed by atoms with Gasteiger partial charge in [0.1, 0.15) is 0 Å². The van der Waals surface area contributed by atoms with Gasteiger partial charge in [-0.3, -0.25) is 19.7 Å². The summed E-state index contributed by atoms with van der Waals surface area (Å²) in [4.78, 5) is 36.9. The van der Waals surface area contributed by atoms with E-state index in [0.29, 0.717) is 0 Å². The number of aromatic nitrogens is 1. The van der Waals surface area contributed by atoms with Gasteiger partial charge in [-0.25, -0.2) is 0 Å². The van der Waals surface area contributed by atoms with Gasteiger partial charge in [-0.05, 0) is 12.1 Å². The number of H-pyrrole nitrogens is 1. The first-order chi connectivity index (χ1) is 8.40. The molecule has 2 heterocycles. The molecule has 0 aromatic carbocycles. The minimum atomic E-state index is -0.698. The topological polar surface area (TPSA) is 131 Å². The molecule has 0 saturated heterocycles. The molecule has 92 valence electrons. The lowest BCUT2D eigenvalue weighted by Gasteiger charge is -2.11. The first kappa shape index (κ1) is 11.6. The van der Waals surface area contributed by atoms with Crippen molar-refractivity contribution in [3.05, 3.63) is 38.8 Å². The molecular weight excluding hydrogens is 236 g/mol. The number of rotatable bonds is 0.